The maximum atomic E-state index is 9.78. The van der Waals surface area contributed by atoms with Gasteiger partial charge in [0.05, 0.1) is 23.9 Å². The van der Waals surface area contributed by atoms with Gasteiger partial charge in [-0.1, -0.05) is 145 Å². The monoisotopic (exact) mass is 812 g/mol. The van der Waals surface area contributed by atoms with Gasteiger partial charge >= 0.3 is 0 Å². The highest BCUT2D eigenvalue weighted by molar-refractivity contribution is 6.23. The van der Waals surface area contributed by atoms with Crippen LogP contribution in [0.25, 0.3) is 48.3 Å². The molecule has 9 aromatic rings. The number of rotatable bonds is 6. The first-order valence-corrected chi connectivity index (χ1v) is 21.7. The Kier molecular flexibility index (Phi) is 9.25. The number of benzene rings is 9. The zero-order valence-electron chi connectivity index (χ0n) is 36.6. The maximum Gasteiger partial charge on any atom is 0.187 e. The van der Waals surface area contributed by atoms with Gasteiger partial charge in [-0.05, 0) is 139 Å². The van der Waals surface area contributed by atoms with Crippen LogP contribution in [-0.2, 0) is 5.41 Å². The third-order valence-electron chi connectivity index (χ3n) is 13.3. The van der Waals surface area contributed by atoms with Crippen LogP contribution >= 0.6 is 0 Å². The predicted octanol–water partition coefficient (Wildman–Crippen LogP) is 16.9. The average molecular weight is 813 g/mol. The van der Waals surface area contributed by atoms with E-state index >= 15 is 0 Å². The molecule has 1 aliphatic rings. The molecule has 304 valence electrons. The van der Waals surface area contributed by atoms with Gasteiger partial charge in [-0.2, -0.15) is 5.26 Å². The highest BCUT2D eigenvalue weighted by atomic mass is 15.1. The number of nitrogens with zero attached hydrogens (tertiary/aromatic N) is 4. The average Bonchev–Trinajstić information content (AvgIpc) is 3.64. The number of anilines is 6. The van der Waals surface area contributed by atoms with Crippen LogP contribution in [0.15, 0.2) is 182 Å². The SMILES string of the molecule is [C-]#[N+]c1ccc(N(c2ccccc2)c2ccc3c4c(c5ccccc5c3c2)-c2c(cc(N(c3ccccc3)c3ccc(C#N)cc3)c3ccccc23)C4(C(C)(C)C)C(C)(C)C)cc1. The fraction of sp³-hybridized carbons (Fsp3) is 0.153. The van der Waals surface area contributed by atoms with Crippen molar-refractivity contribution in [1.82, 2.24) is 0 Å². The lowest BCUT2D eigenvalue weighted by molar-refractivity contribution is 0.0965. The van der Waals surface area contributed by atoms with Crippen molar-refractivity contribution in [2.75, 3.05) is 9.80 Å². The molecule has 0 fully saturated rings. The van der Waals surface area contributed by atoms with Crippen LogP contribution < -0.4 is 9.80 Å². The molecule has 9 aromatic carbocycles. The topological polar surface area (TPSA) is 34.6 Å². The summed E-state index contributed by atoms with van der Waals surface area (Å²) in [6.45, 7) is 22.2. The Labute approximate surface area is 370 Å². The fourth-order valence-electron chi connectivity index (χ4n) is 11.3. The normalized spacial score (nSPS) is 13.0. The largest absolute Gasteiger partial charge is 0.311 e. The summed E-state index contributed by atoms with van der Waals surface area (Å²) in [6, 6.07) is 66.8. The minimum absolute atomic E-state index is 0.258. The van der Waals surface area contributed by atoms with Crippen molar-refractivity contribution in [2.24, 2.45) is 10.8 Å². The second-order valence-corrected chi connectivity index (χ2v) is 18.8. The summed E-state index contributed by atoms with van der Waals surface area (Å²) in [6.07, 6.45) is 0. The lowest BCUT2D eigenvalue weighted by atomic mass is 9.49. The highest BCUT2D eigenvalue weighted by Gasteiger charge is 2.59. The van der Waals surface area contributed by atoms with Gasteiger partial charge in [0, 0.05) is 39.2 Å². The molecule has 0 radical (unpaired) electrons. The highest BCUT2D eigenvalue weighted by Crippen LogP contribution is 2.69. The smallest absolute Gasteiger partial charge is 0.187 e. The van der Waals surface area contributed by atoms with Crippen molar-refractivity contribution in [2.45, 2.75) is 47.0 Å². The Bertz CT molecular complexity index is 3290. The maximum absolute atomic E-state index is 9.78. The number of hydrogen-bond donors (Lipinski definition) is 0. The van der Waals surface area contributed by atoms with Crippen LogP contribution in [0.3, 0.4) is 0 Å². The standard InChI is InChI=1S/C59H48N4/c1-57(2,3)59(58(4,5)6)52-37-53(63(42-20-12-9-13-21-42)44-30-26-39(38-60)27-31-44)47-23-15-17-25-49(47)54(52)55-48-24-16-14-22-46(48)51-36-45(34-35-50(51)56(55)59)62(41-18-10-8-11-19-41)43-32-28-40(61-7)29-33-43/h8-37H,1-6H3. The summed E-state index contributed by atoms with van der Waals surface area (Å²) in [4.78, 5) is 8.35. The molecule has 0 heterocycles. The van der Waals surface area contributed by atoms with E-state index < -0.39 is 5.41 Å². The molecule has 1 aliphatic carbocycles. The molecule has 0 atom stereocenters. The van der Waals surface area contributed by atoms with Crippen LogP contribution in [0.4, 0.5) is 39.8 Å². The Morgan fingerprint density at radius 3 is 1.51 bits per heavy atom. The molecule has 4 nitrogen and oxygen atoms in total. The third kappa shape index (κ3) is 6.01. The second kappa shape index (κ2) is 14.8. The second-order valence-electron chi connectivity index (χ2n) is 18.8. The van der Waals surface area contributed by atoms with E-state index in [9.17, 15) is 5.26 Å². The van der Waals surface area contributed by atoms with E-state index in [1.165, 1.54) is 49.2 Å². The molecule has 0 aromatic heterocycles. The number of fused-ring (bicyclic) bond motifs is 10. The van der Waals surface area contributed by atoms with Gasteiger partial charge in [-0.3, -0.25) is 0 Å². The molecule has 0 spiro atoms. The first-order chi connectivity index (χ1) is 30.5. The number of para-hydroxylation sites is 2. The molecule has 0 amide bonds. The lowest BCUT2D eigenvalue weighted by Crippen LogP contribution is -2.50. The van der Waals surface area contributed by atoms with E-state index in [1.807, 2.05) is 36.4 Å². The summed E-state index contributed by atoms with van der Waals surface area (Å²) in [5.74, 6) is 0. The third-order valence-corrected chi connectivity index (χ3v) is 13.3. The Balaban J connectivity index is 1.34. The van der Waals surface area contributed by atoms with E-state index in [1.54, 1.807) is 0 Å². The van der Waals surface area contributed by atoms with E-state index in [-0.39, 0.29) is 10.8 Å². The van der Waals surface area contributed by atoms with Gasteiger partial charge < -0.3 is 9.80 Å². The van der Waals surface area contributed by atoms with Gasteiger partial charge in [0.25, 0.3) is 0 Å². The van der Waals surface area contributed by atoms with Crippen molar-refractivity contribution >= 4 is 72.1 Å². The molecule has 0 N–H and O–H groups in total. The summed E-state index contributed by atoms with van der Waals surface area (Å²) in [7, 11) is 0. The summed E-state index contributed by atoms with van der Waals surface area (Å²) in [5.41, 5.74) is 11.8. The van der Waals surface area contributed by atoms with Crippen LogP contribution in [0.1, 0.15) is 58.2 Å². The minimum Gasteiger partial charge on any atom is -0.311 e. The quantitative estimate of drug-likeness (QED) is 0.124. The Hall–Kier alpha value is -7.66. The molecule has 0 unspecified atom stereocenters. The van der Waals surface area contributed by atoms with Crippen LogP contribution in [0.5, 0.6) is 0 Å². The van der Waals surface area contributed by atoms with Crippen LogP contribution in [0, 0.1) is 28.7 Å². The Morgan fingerprint density at radius 1 is 0.460 bits per heavy atom. The van der Waals surface area contributed by atoms with Crippen LogP contribution in [-0.4, -0.2) is 0 Å². The minimum atomic E-state index is -0.477. The van der Waals surface area contributed by atoms with Crippen molar-refractivity contribution in [3.8, 4) is 17.2 Å². The van der Waals surface area contributed by atoms with Gasteiger partial charge in [0.15, 0.2) is 5.69 Å². The van der Waals surface area contributed by atoms with E-state index in [4.69, 9.17) is 6.57 Å². The number of nitriles is 1. The molecule has 4 heteroatoms. The molecule has 0 aliphatic heterocycles. The zero-order chi connectivity index (χ0) is 43.7. The fourth-order valence-corrected chi connectivity index (χ4v) is 11.3. The molecule has 63 heavy (non-hydrogen) atoms. The molecular formula is C59H48N4. The zero-order valence-corrected chi connectivity index (χ0v) is 36.6. The Morgan fingerprint density at radius 2 is 0.937 bits per heavy atom. The molecule has 0 saturated heterocycles. The first-order valence-electron chi connectivity index (χ1n) is 21.7. The molecule has 10 rings (SSSR count). The molecule has 0 bridgehead atoms. The van der Waals surface area contributed by atoms with Crippen molar-refractivity contribution in [3.05, 3.63) is 210 Å². The summed E-state index contributed by atoms with van der Waals surface area (Å²) < 4.78 is 0. The summed E-state index contributed by atoms with van der Waals surface area (Å²) in [5, 5.41) is 17.1. The van der Waals surface area contributed by atoms with Crippen LogP contribution in [0.2, 0.25) is 0 Å². The van der Waals surface area contributed by atoms with Crippen molar-refractivity contribution in [1.29, 1.82) is 5.26 Å². The lowest BCUT2D eigenvalue weighted by Gasteiger charge is -2.53. The van der Waals surface area contributed by atoms with Gasteiger partial charge in [0.2, 0.25) is 0 Å². The van der Waals surface area contributed by atoms with Gasteiger partial charge in [0.1, 0.15) is 0 Å². The van der Waals surface area contributed by atoms with E-state index in [0.717, 1.165) is 39.5 Å². The molecule has 0 saturated carbocycles. The van der Waals surface area contributed by atoms with Gasteiger partial charge in [-0.25, -0.2) is 4.85 Å². The van der Waals surface area contributed by atoms with E-state index in [0.29, 0.717) is 11.3 Å². The summed E-state index contributed by atoms with van der Waals surface area (Å²) >= 11 is 0. The van der Waals surface area contributed by atoms with Gasteiger partial charge in [-0.15, -0.1) is 0 Å². The van der Waals surface area contributed by atoms with E-state index in [2.05, 4.69) is 208 Å². The predicted molar refractivity (Wildman–Crippen MR) is 264 cm³/mol. The van der Waals surface area contributed by atoms with Crippen molar-refractivity contribution in [3.63, 3.8) is 0 Å². The number of hydrogen-bond acceptors (Lipinski definition) is 3. The molecular weight excluding hydrogens is 765 g/mol. The first kappa shape index (κ1) is 39.5. The van der Waals surface area contributed by atoms with Crippen molar-refractivity contribution < 1.29 is 0 Å².